The quantitative estimate of drug-likeness (QED) is 0.109. The Hall–Kier alpha value is -3.93. The number of hydrogen-bond donors (Lipinski definition) is 3. The molecular weight excluding hydrogens is 528 g/mol. The first-order valence-corrected chi connectivity index (χ1v) is 14.7. The number of phenolic OH excluding ortho intramolecular Hbond substituents is 2. The zero-order valence-corrected chi connectivity index (χ0v) is 25.5. The molecule has 0 radical (unpaired) electrons. The summed E-state index contributed by atoms with van der Waals surface area (Å²) in [5.41, 5.74) is 4.23. The largest absolute Gasteiger partial charge is 0.508 e. The van der Waals surface area contributed by atoms with Gasteiger partial charge in [0.15, 0.2) is 28.8 Å². The molecule has 1 saturated carbocycles. The molecule has 5 rings (SSSR count). The molecule has 2 bridgehead atoms. The van der Waals surface area contributed by atoms with Gasteiger partial charge in [0.1, 0.15) is 5.76 Å². The first kappa shape index (κ1) is 31.0. The average Bonchev–Trinajstić information content (AvgIpc) is 2.96. The Morgan fingerprint density at radius 3 is 2.38 bits per heavy atom. The molecule has 0 saturated heterocycles. The summed E-state index contributed by atoms with van der Waals surface area (Å²) in [5, 5.41) is 30.9. The number of ketones is 1. The van der Waals surface area contributed by atoms with Crippen LogP contribution in [0.15, 0.2) is 77.6 Å². The van der Waals surface area contributed by atoms with Gasteiger partial charge in [-0.1, -0.05) is 48.4 Å². The first-order valence-electron chi connectivity index (χ1n) is 14.7. The number of methoxy groups -OCH3 is 2. The third-order valence-electron chi connectivity index (χ3n) is 9.06. The number of ether oxygens (including phenoxy) is 2. The first-order chi connectivity index (χ1) is 20.0. The highest BCUT2D eigenvalue weighted by atomic mass is 16.5. The normalized spacial score (nSPS) is 24.3. The average molecular weight is 573 g/mol. The van der Waals surface area contributed by atoms with Crippen molar-refractivity contribution in [3.63, 3.8) is 0 Å². The van der Waals surface area contributed by atoms with Gasteiger partial charge >= 0.3 is 0 Å². The molecule has 0 aromatic heterocycles. The summed E-state index contributed by atoms with van der Waals surface area (Å²) in [5.74, 6) is 1.20. The van der Waals surface area contributed by atoms with E-state index in [2.05, 4.69) is 39.8 Å². The Kier molecular flexibility index (Phi) is 9.87. The molecule has 42 heavy (non-hydrogen) atoms. The maximum Gasteiger partial charge on any atom is 0.163 e. The molecule has 224 valence electrons. The van der Waals surface area contributed by atoms with Crippen LogP contribution in [-0.4, -0.2) is 35.3 Å². The van der Waals surface area contributed by atoms with Gasteiger partial charge in [0, 0.05) is 17.9 Å². The highest BCUT2D eigenvalue weighted by Gasteiger charge is 2.51. The zero-order chi connectivity index (χ0) is 30.6. The van der Waals surface area contributed by atoms with Crippen molar-refractivity contribution in [2.75, 3.05) is 14.2 Å². The summed E-state index contributed by atoms with van der Waals surface area (Å²) in [7, 11) is 3.00. The molecule has 6 atom stereocenters. The number of carbonyl (C=O) groups excluding carboxylic acids is 1. The van der Waals surface area contributed by atoms with Gasteiger partial charge in [-0.2, -0.15) is 0 Å². The van der Waals surface area contributed by atoms with Crippen LogP contribution in [-0.2, 0) is 4.79 Å². The fourth-order valence-corrected chi connectivity index (χ4v) is 6.91. The summed E-state index contributed by atoms with van der Waals surface area (Å²) in [6, 6.07) is 10.3. The Labute approximate surface area is 249 Å². The van der Waals surface area contributed by atoms with Gasteiger partial charge in [0.05, 0.1) is 14.2 Å². The van der Waals surface area contributed by atoms with E-state index in [1.165, 1.54) is 43.6 Å². The van der Waals surface area contributed by atoms with Gasteiger partial charge < -0.3 is 24.8 Å². The summed E-state index contributed by atoms with van der Waals surface area (Å²) in [4.78, 5) is 14.0. The van der Waals surface area contributed by atoms with E-state index in [9.17, 15) is 20.1 Å². The summed E-state index contributed by atoms with van der Waals surface area (Å²) >= 11 is 0. The lowest BCUT2D eigenvalue weighted by Crippen LogP contribution is -2.47. The van der Waals surface area contributed by atoms with Crippen molar-refractivity contribution < 1.29 is 29.6 Å². The number of rotatable bonds is 11. The summed E-state index contributed by atoms with van der Waals surface area (Å²) in [6.07, 6.45) is 12.2. The third-order valence-corrected chi connectivity index (χ3v) is 9.06. The fourth-order valence-electron chi connectivity index (χ4n) is 6.91. The van der Waals surface area contributed by atoms with Crippen molar-refractivity contribution in [2.45, 2.75) is 52.9 Å². The van der Waals surface area contributed by atoms with Crippen molar-refractivity contribution in [1.82, 2.24) is 0 Å². The van der Waals surface area contributed by atoms with E-state index >= 15 is 0 Å². The number of phenols is 2. The Bertz CT molecular complexity index is 1410. The second kappa shape index (κ2) is 13.4. The number of allylic oxidation sites excluding steroid dienone is 6. The van der Waals surface area contributed by atoms with E-state index in [1.54, 1.807) is 24.3 Å². The van der Waals surface area contributed by atoms with E-state index in [-0.39, 0.29) is 46.7 Å². The lowest BCUT2D eigenvalue weighted by Gasteiger charge is -2.52. The second-order valence-electron chi connectivity index (χ2n) is 12.0. The number of fused-ring (bicyclic) bond motifs is 2. The van der Waals surface area contributed by atoms with Crippen LogP contribution in [0.25, 0.3) is 6.08 Å². The van der Waals surface area contributed by atoms with Crippen LogP contribution in [0.1, 0.15) is 64.0 Å². The second-order valence-corrected chi connectivity index (χ2v) is 12.0. The standard InChI is InChI=1S/C36H44O6/c1-21(2)8-7-9-22(3)27-20-28-23(4)16-29(27)35(25-12-15-31(39)34(18-25)42-6)36(28)32(40)19-26(37)13-10-24-11-14-30(38)33(17-24)41-5/h8,10-19,22,27-29,35-39H,7,9,20H2,1-6H3/b13-10+,26-19-/t22?,27-,28?,29?,35-,36+/m1/s1. The monoisotopic (exact) mass is 572 g/mol. The number of aliphatic hydroxyl groups excluding tert-OH is 1. The van der Waals surface area contributed by atoms with Crippen molar-refractivity contribution >= 4 is 11.9 Å². The van der Waals surface area contributed by atoms with E-state index in [0.29, 0.717) is 28.9 Å². The van der Waals surface area contributed by atoms with Crippen LogP contribution in [0.4, 0.5) is 0 Å². The lowest BCUT2D eigenvalue weighted by atomic mass is 9.51. The van der Waals surface area contributed by atoms with Gasteiger partial charge in [-0.05, 0) is 105 Å². The third kappa shape index (κ3) is 6.75. The number of hydrogen-bond acceptors (Lipinski definition) is 6. The molecule has 0 aliphatic heterocycles. The molecule has 2 aromatic rings. The van der Waals surface area contributed by atoms with Crippen LogP contribution in [0.3, 0.4) is 0 Å². The molecule has 0 heterocycles. The molecular formula is C36H44O6. The molecule has 0 amide bonds. The summed E-state index contributed by atoms with van der Waals surface area (Å²) < 4.78 is 10.6. The molecule has 0 spiro atoms. The van der Waals surface area contributed by atoms with Gasteiger partial charge in [0.2, 0.25) is 0 Å². The Morgan fingerprint density at radius 1 is 1.05 bits per heavy atom. The zero-order valence-electron chi connectivity index (χ0n) is 25.5. The van der Waals surface area contributed by atoms with Crippen molar-refractivity contribution in [2.24, 2.45) is 29.6 Å². The number of benzene rings is 2. The van der Waals surface area contributed by atoms with Crippen LogP contribution in [0, 0.1) is 29.6 Å². The number of aliphatic hydroxyl groups is 1. The lowest BCUT2D eigenvalue weighted by molar-refractivity contribution is -0.123. The van der Waals surface area contributed by atoms with Crippen LogP contribution < -0.4 is 9.47 Å². The molecule has 3 unspecified atom stereocenters. The molecule has 2 aromatic carbocycles. The van der Waals surface area contributed by atoms with Gasteiger partial charge in [-0.25, -0.2) is 0 Å². The van der Waals surface area contributed by atoms with E-state index in [1.807, 2.05) is 12.1 Å². The van der Waals surface area contributed by atoms with E-state index in [4.69, 9.17) is 9.47 Å². The Morgan fingerprint density at radius 2 is 1.71 bits per heavy atom. The molecule has 6 heteroatoms. The minimum absolute atomic E-state index is 0.0295. The number of aromatic hydroxyl groups is 2. The minimum Gasteiger partial charge on any atom is -0.508 e. The maximum atomic E-state index is 14.0. The number of carbonyl (C=O) groups is 1. The highest BCUT2D eigenvalue weighted by molar-refractivity contribution is 5.94. The Balaban J connectivity index is 1.67. The summed E-state index contributed by atoms with van der Waals surface area (Å²) in [6.45, 7) is 8.71. The van der Waals surface area contributed by atoms with Crippen LogP contribution in [0.5, 0.6) is 23.0 Å². The smallest absolute Gasteiger partial charge is 0.163 e. The predicted molar refractivity (Wildman–Crippen MR) is 167 cm³/mol. The topological polar surface area (TPSA) is 96.2 Å². The molecule has 3 aliphatic carbocycles. The van der Waals surface area contributed by atoms with Crippen LogP contribution in [0.2, 0.25) is 0 Å². The van der Waals surface area contributed by atoms with E-state index in [0.717, 1.165) is 24.8 Å². The molecule has 1 fully saturated rings. The minimum atomic E-state index is -0.347. The molecule has 3 aliphatic rings. The van der Waals surface area contributed by atoms with E-state index < -0.39 is 0 Å². The van der Waals surface area contributed by atoms with Crippen molar-refractivity contribution in [1.29, 1.82) is 0 Å². The maximum absolute atomic E-state index is 14.0. The SMILES string of the molecule is COc1cc(/C=C/C(O)=C/C(=O)[C@@H]2C3C[C@H](C(C)CCC=C(C)C)C(C=C3C)[C@H]2c2ccc(O)c(OC)c2)ccc1O. The van der Waals surface area contributed by atoms with Gasteiger partial charge in [-0.3, -0.25) is 4.79 Å². The molecule has 3 N–H and O–H groups in total. The van der Waals surface area contributed by atoms with Crippen LogP contribution >= 0.6 is 0 Å². The molecule has 6 nitrogen and oxygen atoms in total. The van der Waals surface area contributed by atoms with Crippen molar-refractivity contribution in [3.05, 3.63) is 88.7 Å². The van der Waals surface area contributed by atoms with Crippen molar-refractivity contribution in [3.8, 4) is 23.0 Å². The highest BCUT2D eigenvalue weighted by Crippen LogP contribution is 2.58. The van der Waals surface area contributed by atoms with Gasteiger partial charge in [0.25, 0.3) is 0 Å². The predicted octanol–water partition coefficient (Wildman–Crippen LogP) is 8.13. The van der Waals surface area contributed by atoms with Gasteiger partial charge in [-0.15, -0.1) is 0 Å². The fraction of sp³-hybridized carbons (Fsp3) is 0.417.